The quantitative estimate of drug-likeness (QED) is 0.444. The molecule has 2 aromatic carbocycles. The molecule has 2 fully saturated rings. The largest absolute Gasteiger partial charge is 0.377 e. The molecule has 7 heteroatoms. The van der Waals surface area contributed by atoms with Gasteiger partial charge in [0.25, 0.3) is 5.91 Å². The number of amides is 1. The Hall–Kier alpha value is -2.19. The van der Waals surface area contributed by atoms with Gasteiger partial charge in [-0.2, -0.15) is 0 Å². The van der Waals surface area contributed by atoms with E-state index >= 15 is 0 Å². The molecule has 0 bridgehead atoms. The van der Waals surface area contributed by atoms with Crippen molar-refractivity contribution in [1.29, 1.82) is 0 Å². The molecule has 2 saturated heterocycles. The summed E-state index contributed by atoms with van der Waals surface area (Å²) in [4.78, 5) is 23.6. The summed E-state index contributed by atoms with van der Waals surface area (Å²) in [7, 11) is 0. The van der Waals surface area contributed by atoms with Crippen molar-refractivity contribution in [3.63, 3.8) is 0 Å². The van der Waals surface area contributed by atoms with Gasteiger partial charge in [-0.05, 0) is 25.0 Å². The predicted octanol–water partition coefficient (Wildman–Crippen LogP) is 5.04. The maximum atomic E-state index is 13.3. The van der Waals surface area contributed by atoms with Gasteiger partial charge in [-0.3, -0.25) is 9.69 Å². The molecule has 1 amide bonds. The van der Waals surface area contributed by atoms with Crippen LogP contribution in [-0.2, 0) is 11.3 Å². The van der Waals surface area contributed by atoms with Crippen LogP contribution >= 0.6 is 23.1 Å². The summed E-state index contributed by atoms with van der Waals surface area (Å²) < 4.78 is 5.75. The van der Waals surface area contributed by atoms with E-state index in [1.807, 2.05) is 41.3 Å². The van der Waals surface area contributed by atoms with Crippen LogP contribution in [0.25, 0.3) is 10.6 Å². The van der Waals surface area contributed by atoms with Crippen molar-refractivity contribution < 1.29 is 9.53 Å². The number of aromatic nitrogens is 1. The Morgan fingerprint density at radius 3 is 2.64 bits per heavy atom. The van der Waals surface area contributed by atoms with E-state index in [2.05, 4.69) is 28.5 Å². The molecule has 1 atom stereocenters. The third kappa shape index (κ3) is 5.66. The third-order valence-electron chi connectivity index (χ3n) is 6.18. The number of hydrogen-bond donors (Lipinski definition) is 0. The van der Waals surface area contributed by atoms with Crippen LogP contribution in [0.1, 0.15) is 28.9 Å². The molecule has 5 nitrogen and oxygen atoms in total. The molecule has 0 saturated carbocycles. The number of ether oxygens (including phenoxy) is 1. The van der Waals surface area contributed by atoms with Gasteiger partial charge in [0.2, 0.25) is 0 Å². The second kappa shape index (κ2) is 10.8. The molecule has 33 heavy (non-hydrogen) atoms. The topological polar surface area (TPSA) is 45.7 Å². The fourth-order valence-corrected chi connectivity index (χ4v) is 6.26. The molecule has 3 aromatic rings. The number of benzene rings is 2. The Morgan fingerprint density at radius 2 is 1.85 bits per heavy atom. The predicted molar refractivity (Wildman–Crippen MR) is 135 cm³/mol. The lowest BCUT2D eigenvalue weighted by Crippen LogP contribution is -2.48. The summed E-state index contributed by atoms with van der Waals surface area (Å²) in [5.41, 5.74) is 3.09. The molecule has 0 spiro atoms. The van der Waals surface area contributed by atoms with Gasteiger partial charge in [0.05, 0.1) is 17.4 Å². The SMILES string of the molecule is O=C(c1ccccc1SCC1CCCO1)N1CCN(Cc2csc(-c3ccccc3)n2)CC1. The molecule has 5 rings (SSSR count). The van der Waals surface area contributed by atoms with E-state index in [0.717, 1.165) is 79.1 Å². The average molecular weight is 480 g/mol. The third-order valence-corrected chi connectivity index (χ3v) is 8.33. The van der Waals surface area contributed by atoms with Crippen LogP contribution in [0.3, 0.4) is 0 Å². The van der Waals surface area contributed by atoms with Gasteiger partial charge in [0, 0.05) is 60.9 Å². The van der Waals surface area contributed by atoms with Crippen molar-refractivity contribution in [2.24, 2.45) is 0 Å². The number of carbonyl (C=O) groups excluding carboxylic acids is 1. The van der Waals surface area contributed by atoms with Gasteiger partial charge in [0.15, 0.2) is 0 Å². The van der Waals surface area contributed by atoms with E-state index in [-0.39, 0.29) is 5.91 Å². The Morgan fingerprint density at radius 1 is 1.06 bits per heavy atom. The van der Waals surface area contributed by atoms with E-state index in [9.17, 15) is 4.79 Å². The number of hydrogen-bond acceptors (Lipinski definition) is 6. The van der Waals surface area contributed by atoms with E-state index in [1.165, 1.54) is 5.56 Å². The molecule has 172 valence electrons. The van der Waals surface area contributed by atoms with Gasteiger partial charge in [-0.1, -0.05) is 42.5 Å². The molecule has 1 aromatic heterocycles. The number of thiazole rings is 1. The molecular weight excluding hydrogens is 450 g/mol. The molecule has 2 aliphatic heterocycles. The summed E-state index contributed by atoms with van der Waals surface area (Å²) in [6.07, 6.45) is 2.58. The molecule has 2 aliphatic rings. The Kier molecular flexibility index (Phi) is 7.41. The highest BCUT2D eigenvalue weighted by Crippen LogP contribution is 2.28. The second-order valence-electron chi connectivity index (χ2n) is 8.52. The first-order chi connectivity index (χ1) is 16.3. The van der Waals surface area contributed by atoms with Crippen LogP contribution in [0.2, 0.25) is 0 Å². The summed E-state index contributed by atoms with van der Waals surface area (Å²) in [6, 6.07) is 18.3. The van der Waals surface area contributed by atoms with Crippen LogP contribution in [0.15, 0.2) is 64.9 Å². The highest BCUT2D eigenvalue weighted by atomic mass is 32.2. The summed E-state index contributed by atoms with van der Waals surface area (Å²) in [5, 5.41) is 3.22. The molecular formula is C26H29N3O2S2. The van der Waals surface area contributed by atoms with Crippen molar-refractivity contribution in [1.82, 2.24) is 14.8 Å². The van der Waals surface area contributed by atoms with Crippen molar-refractivity contribution in [3.8, 4) is 10.6 Å². The fraction of sp³-hybridized carbons (Fsp3) is 0.385. The first-order valence-corrected chi connectivity index (χ1v) is 13.5. The smallest absolute Gasteiger partial charge is 0.255 e. The highest BCUT2D eigenvalue weighted by Gasteiger charge is 2.25. The zero-order valence-electron chi connectivity index (χ0n) is 18.7. The maximum Gasteiger partial charge on any atom is 0.255 e. The van der Waals surface area contributed by atoms with Crippen molar-refractivity contribution in [2.45, 2.75) is 30.4 Å². The van der Waals surface area contributed by atoms with Gasteiger partial charge in [-0.25, -0.2) is 4.98 Å². The highest BCUT2D eigenvalue weighted by molar-refractivity contribution is 7.99. The fourth-order valence-electron chi connectivity index (χ4n) is 4.33. The second-order valence-corrected chi connectivity index (χ2v) is 10.4. The Bertz CT molecular complexity index is 1060. The lowest BCUT2D eigenvalue weighted by molar-refractivity contribution is 0.0624. The number of piperazine rings is 1. The van der Waals surface area contributed by atoms with E-state index in [0.29, 0.717) is 6.10 Å². The van der Waals surface area contributed by atoms with E-state index in [4.69, 9.17) is 9.72 Å². The van der Waals surface area contributed by atoms with Crippen molar-refractivity contribution in [3.05, 3.63) is 71.2 Å². The zero-order valence-corrected chi connectivity index (χ0v) is 20.3. The van der Waals surface area contributed by atoms with Crippen LogP contribution in [0.5, 0.6) is 0 Å². The lowest BCUT2D eigenvalue weighted by Gasteiger charge is -2.34. The van der Waals surface area contributed by atoms with E-state index in [1.54, 1.807) is 23.1 Å². The van der Waals surface area contributed by atoms with Gasteiger partial charge >= 0.3 is 0 Å². The molecule has 0 N–H and O–H groups in total. The molecule has 1 unspecified atom stereocenters. The van der Waals surface area contributed by atoms with Crippen LogP contribution in [0.4, 0.5) is 0 Å². The van der Waals surface area contributed by atoms with Gasteiger partial charge in [0.1, 0.15) is 5.01 Å². The minimum Gasteiger partial charge on any atom is -0.377 e. The van der Waals surface area contributed by atoms with Crippen LogP contribution in [0, 0.1) is 0 Å². The lowest BCUT2D eigenvalue weighted by atomic mass is 10.1. The maximum absolute atomic E-state index is 13.3. The standard InChI is InChI=1S/C26H29N3O2S2/c30-26(23-10-4-5-11-24(23)32-19-22-9-6-16-31-22)29-14-12-28(13-15-29)17-21-18-33-25(27-21)20-7-2-1-3-8-20/h1-5,7-8,10-11,18,22H,6,9,12-17,19H2. The van der Waals surface area contributed by atoms with Crippen molar-refractivity contribution in [2.75, 3.05) is 38.5 Å². The molecule has 0 aliphatic carbocycles. The van der Waals surface area contributed by atoms with E-state index < -0.39 is 0 Å². The minimum absolute atomic E-state index is 0.144. The Balaban J connectivity index is 1.15. The zero-order chi connectivity index (χ0) is 22.5. The van der Waals surface area contributed by atoms with Gasteiger partial charge in [-0.15, -0.1) is 23.1 Å². The number of carbonyl (C=O) groups is 1. The monoisotopic (exact) mass is 479 g/mol. The molecule has 3 heterocycles. The van der Waals surface area contributed by atoms with Gasteiger partial charge < -0.3 is 9.64 Å². The summed E-state index contributed by atoms with van der Waals surface area (Å²) in [5.74, 6) is 1.06. The Labute approximate surface area is 203 Å². The normalized spacial score (nSPS) is 19.2. The van der Waals surface area contributed by atoms with Crippen molar-refractivity contribution >= 4 is 29.0 Å². The average Bonchev–Trinajstić information content (AvgIpc) is 3.56. The number of thioether (sulfide) groups is 1. The minimum atomic E-state index is 0.144. The van der Waals surface area contributed by atoms with Crippen LogP contribution in [-0.4, -0.2) is 65.3 Å². The molecule has 0 radical (unpaired) electrons. The number of rotatable bonds is 7. The summed E-state index contributed by atoms with van der Waals surface area (Å²) in [6.45, 7) is 4.94. The first-order valence-electron chi connectivity index (χ1n) is 11.6. The first kappa shape index (κ1) is 22.6. The summed E-state index contributed by atoms with van der Waals surface area (Å²) >= 11 is 3.44. The van der Waals surface area contributed by atoms with Crippen LogP contribution < -0.4 is 0 Å². The number of nitrogens with zero attached hydrogens (tertiary/aromatic N) is 3.